The van der Waals surface area contributed by atoms with Crippen molar-refractivity contribution in [2.45, 2.75) is 63.5 Å². The number of hydrogen-bond donors (Lipinski definition) is 2. The van der Waals surface area contributed by atoms with Crippen molar-refractivity contribution >= 4 is 5.91 Å². The summed E-state index contributed by atoms with van der Waals surface area (Å²) in [7, 11) is 0. The van der Waals surface area contributed by atoms with Crippen LogP contribution in [0.3, 0.4) is 0 Å². The van der Waals surface area contributed by atoms with Gasteiger partial charge in [-0.1, -0.05) is 19.3 Å². The number of nitrogens with one attached hydrogen (secondary N) is 1. The van der Waals surface area contributed by atoms with Crippen molar-refractivity contribution in [1.29, 1.82) is 0 Å². The Hall–Kier alpha value is -0.570. The van der Waals surface area contributed by atoms with Gasteiger partial charge < -0.3 is 10.4 Å². The van der Waals surface area contributed by atoms with Gasteiger partial charge in [0.25, 0.3) is 0 Å². The third-order valence-corrected chi connectivity index (χ3v) is 6.35. The van der Waals surface area contributed by atoms with Crippen molar-refractivity contribution in [3.8, 4) is 0 Å². The molecule has 0 heterocycles. The molecule has 0 aromatic carbocycles. The topological polar surface area (TPSA) is 49.3 Å². The third kappa shape index (κ3) is 1.93. The summed E-state index contributed by atoms with van der Waals surface area (Å²) in [5.74, 6) is 3.69. The molecule has 4 saturated carbocycles. The molecule has 0 aromatic rings. The maximum atomic E-state index is 12.4. The molecule has 0 aliphatic heterocycles. The van der Waals surface area contributed by atoms with Crippen LogP contribution in [0.2, 0.25) is 0 Å². The first kappa shape index (κ1) is 12.2. The Bertz CT molecular complexity index is 367. The van der Waals surface area contributed by atoms with Crippen molar-refractivity contribution < 1.29 is 9.90 Å². The van der Waals surface area contributed by atoms with Crippen LogP contribution in [0.5, 0.6) is 0 Å². The second-order valence-corrected chi connectivity index (χ2v) is 7.33. The number of rotatable bonds is 2. The van der Waals surface area contributed by atoms with E-state index in [9.17, 15) is 9.90 Å². The summed E-state index contributed by atoms with van der Waals surface area (Å²) in [4.78, 5) is 12.4. The Morgan fingerprint density at radius 2 is 1.63 bits per heavy atom. The highest BCUT2D eigenvalue weighted by atomic mass is 16.3. The number of aliphatic hydroxyl groups is 1. The first-order valence-electron chi connectivity index (χ1n) is 8.24. The standard InChI is InChI=1S/C16H25NO2/c18-12-5-3-1-2-4-11(12)17-16(19)15-13-9-6-7-10(8-9)14(13)15/h9-15,18H,1-8H2,(H,17,19). The quantitative estimate of drug-likeness (QED) is 0.750. The van der Waals surface area contributed by atoms with Gasteiger partial charge in [0.15, 0.2) is 0 Å². The summed E-state index contributed by atoms with van der Waals surface area (Å²) in [6.07, 6.45) is 9.06. The predicted molar refractivity (Wildman–Crippen MR) is 72.3 cm³/mol. The third-order valence-electron chi connectivity index (χ3n) is 6.35. The van der Waals surface area contributed by atoms with Gasteiger partial charge in [0.1, 0.15) is 0 Å². The maximum Gasteiger partial charge on any atom is 0.224 e. The van der Waals surface area contributed by atoms with Gasteiger partial charge in [-0.25, -0.2) is 0 Å². The van der Waals surface area contributed by atoms with Crippen LogP contribution in [0.15, 0.2) is 0 Å². The van der Waals surface area contributed by atoms with Gasteiger partial charge in [-0.3, -0.25) is 4.79 Å². The first-order valence-corrected chi connectivity index (χ1v) is 8.24. The molecule has 3 nitrogen and oxygen atoms in total. The minimum Gasteiger partial charge on any atom is -0.391 e. The normalized spacial score (nSPS) is 51.5. The minimum atomic E-state index is -0.318. The van der Waals surface area contributed by atoms with E-state index < -0.39 is 0 Å². The molecule has 19 heavy (non-hydrogen) atoms. The lowest BCUT2D eigenvalue weighted by Crippen LogP contribution is -2.44. The minimum absolute atomic E-state index is 0.0222. The molecule has 4 aliphatic carbocycles. The smallest absolute Gasteiger partial charge is 0.224 e. The second-order valence-electron chi connectivity index (χ2n) is 7.33. The van der Waals surface area contributed by atoms with Crippen molar-refractivity contribution in [3.05, 3.63) is 0 Å². The lowest BCUT2D eigenvalue weighted by atomic mass is 10.0. The molecule has 0 aromatic heterocycles. The van der Waals surface area contributed by atoms with Gasteiger partial charge in [0.05, 0.1) is 12.1 Å². The lowest BCUT2D eigenvalue weighted by molar-refractivity contribution is -0.125. The van der Waals surface area contributed by atoms with E-state index in [1.54, 1.807) is 0 Å². The summed E-state index contributed by atoms with van der Waals surface area (Å²) in [5, 5.41) is 13.3. The highest BCUT2D eigenvalue weighted by Crippen LogP contribution is 2.69. The summed E-state index contributed by atoms with van der Waals surface area (Å²) in [6.45, 7) is 0. The molecule has 4 aliphatic rings. The fourth-order valence-corrected chi connectivity index (χ4v) is 5.41. The molecule has 2 bridgehead atoms. The fourth-order valence-electron chi connectivity index (χ4n) is 5.41. The van der Waals surface area contributed by atoms with E-state index in [-0.39, 0.29) is 18.1 Å². The molecule has 6 unspecified atom stereocenters. The van der Waals surface area contributed by atoms with Gasteiger partial charge in [0.2, 0.25) is 5.91 Å². The summed E-state index contributed by atoms with van der Waals surface area (Å²) in [6, 6.07) is 0.0222. The van der Waals surface area contributed by atoms with E-state index in [4.69, 9.17) is 0 Å². The Labute approximate surface area is 115 Å². The molecule has 6 atom stereocenters. The zero-order chi connectivity index (χ0) is 13.0. The number of carbonyl (C=O) groups excluding carboxylic acids is 1. The monoisotopic (exact) mass is 263 g/mol. The predicted octanol–water partition coefficient (Wildman–Crippen LogP) is 2.09. The average molecular weight is 263 g/mol. The van der Waals surface area contributed by atoms with Crippen LogP contribution in [-0.2, 0) is 4.79 Å². The average Bonchev–Trinajstić information content (AvgIpc) is 2.94. The summed E-state index contributed by atoms with van der Waals surface area (Å²) >= 11 is 0. The highest BCUT2D eigenvalue weighted by Gasteiger charge is 2.67. The molecular weight excluding hydrogens is 238 g/mol. The van der Waals surface area contributed by atoms with Crippen molar-refractivity contribution in [2.75, 3.05) is 0 Å². The number of hydrogen-bond acceptors (Lipinski definition) is 2. The molecule has 2 N–H and O–H groups in total. The second kappa shape index (κ2) is 4.47. The number of aliphatic hydroxyl groups excluding tert-OH is 1. The van der Waals surface area contributed by atoms with Crippen molar-refractivity contribution in [1.82, 2.24) is 5.32 Å². The Morgan fingerprint density at radius 3 is 2.37 bits per heavy atom. The van der Waals surface area contributed by atoms with E-state index >= 15 is 0 Å². The molecule has 4 rings (SSSR count). The number of carbonyl (C=O) groups is 1. The van der Waals surface area contributed by atoms with Crippen molar-refractivity contribution in [2.24, 2.45) is 29.6 Å². The zero-order valence-corrected chi connectivity index (χ0v) is 11.6. The van der Waals surface area contributed by atoms with Gasteiger partial charge in [0, 0.05) is 5.92 Å². The highest BCUT2D eigenvalue weighted by molar-refractivity contribution is 5.83. The van der Waals surface area contributed by atoms with Crippen LogP contribution in [0, 0.1) is 29.6 Å². The Balaban J connectivity index is 1.37. The van der Waals surface area contributed by atoms with Crippen LogP contribution < -0.4 is 5.32 Å². The SMILES string of the molecule is O=C(NC1CCCCCC1O)C1C2C3CCC(C3)C12. The molecule has 0 radical (unpaired) electrons. The van der Waals surface area contributed by atoms with Gasteiger partial charge in [-0.15, -0.1) is 0 Å². The molecule has 1 amide bonds. The molecule has 0 spiro atoms. The van der Waals surface area contributed by atoms with Crippen LogP contribution in [0.25, 0.3) is 0 Å². The van der Waals surface area contributed by atoms with Crippen LogP contribution in [0.1, 0.15) is 51.4 Å². The lowest BCUT2D eigenvalue weighted by Gasteiger charge is -2.22. The molecule has 3 heteroatoms. The van der Waals surface area contributed by atoms with Crippen LogP contribution in [-0.4, -0.2) is 23.2 Å². The van der Waals surface area contributed by atoms with Gasteiger partial charge in [-0.05, 0) is 55.8 Å². The molecule has 106 valence electrons. The summed E-state index contributed by atoms with van der Waals surface area (Å²) in [5.41, 5.74) is 0. The largest absolute Gasteiger partial charge is 0.391 e. The summed E-state index contributed by atoms with van der Waals surface area (Å²) < 4.78 is 0. The van der Waals surface area contributed by atoms with E-state index in [0.29, 0.717) is 17.8 Å². The zero-order valence-electron chi connectivity index (χ0n) is 11.6. The van der Waals surface area contributed by atoms with Gasteiger partial charge >= 0.3 is 0 Å². The van der Waals surface area contributed by atoms with Crippen molar-refractivity contribution in [3.63, 3.8) is 0 Å². The molecule has 4 fully saturated rings. The van der Waals surface area contributed by atoms with E-state index in [1.807, 2.05) is 0 Å². The maximum absolute atomic E-state index is 12.4. The van der Waals surface area contributed by atoms with E-state index in [2.05, 4.69) is 5.32 Å². The number of fused-ring (bicyclic) bond motifs is 5. The Kier molecular flexibility index (Phi) is 2.87. The first-order chi connectivity index (χ1) is 9.25. The molecular formula is C16H25NO2. The Morgan fingerprint density at radius 1 is 0.947 bits per heavy atom. The van der Waals surface area contributed by atoms with Crippen LogP contribution in [0.4, 0.5) is 0 Å². The molecule has 0 saturated heterocycles. The van der Waals surface area contributed by atoms with E-state index in [1.165, 1.54) is 25.7 Å². The van der Waals surface area contributed by atoms with E-state index in [0.717, 1.165) is 37.5 Å². The van der Waals surface area contributed by atoms with Crippen LogP contribution >= 0.6 is 0 Å². The fraction of sp³-hybridized carbons (Fsp3) is 0.938. The van der Waals surface area contributed by atoms with Gasteiger partial charge in [-0.2, -0.15) is 0 Å². The number of amides is 1.